The van der Waals surface area contributed by atoms with E-state index >= 15 is 0 Å². The molecule has 10 heteroatoms. The Balaban J connectivity index is 1.20. The van der Waals surface area contributed by atoms with Crippen molar-refractivity contribution in [3.05, 3.63) is 29.3 Å². The Morgan fingerprint density at radius 2 is 1.78 bits per heavy atom. The second-order valence-corrected chi connectivity index (χ2v) is 11.3. The molecular formula is C22H28N4O5S. The molecule has 0 radical (unpaired) electrons. The zero-order valence-corrected chi connectivity index (χ0v) is 19.0. The van der Waals surface area contributed by atoms with E-state index in [-0.39, 0.29) is 50.5 Å². The first-order valence-electron chi connectivity index (χ1n) is 11.2. The summed E-state index contributed by atoms with van der Waals surface area (Å²) in [6, 6.07) is 4.83. The topological polar surface area (TPSA) is 107 Å². The van der Waals surface area contributed by atoms with Gasteiger partial charge in [-0.1, -0.05) is 6.07 Å². The van der Waals surface area contributed by atoms with Crippen LogP contribution in [0.25, 0.3) is 0 Å². The van der Waals surface area contributed by atoms with E-state index in [1.54, 1.807) is 19.1 Å². The van der Waals surface area contributed by atoms with E-state index in [1.807, 2.05) is 6.07 Å². The van der Waals surface area contributed by atoms with Gasteiger partial charge in [0.15, 0.2) is 0 Å². The monoisotopic (exact) mass is 460 g/mol. The third-order valence-electron chi connectivity index (χ3n) is 7.29. The minimum Gasteiger partial charge on any atom is -0.338 e. The number of nitrogens with zero attached hydrogens (tertiary/aromatic N) is 3. The molecule has 9 nitrogen and oxygen atoms in total. The fraction of sp³-hybridized carbons (Fsp3) is 0.591. The number of benzene rings is 1. The minimum atomic E-state index is -3.62. The summed E-state index contributed by atoms with van der Waals surface area (Å²) in [6.07, 6.45) is 4.74. The smallest absolute Gasteiger partial charge is 0.325 e. The number of piperazine rings is 1. The van der Waals surface area contributed by atoms with Crippen molar-refractivity contribution in [3.63, 3.8) is 0 Å². The lowest BCUT2D eigenvalue weighted by Gasteiger charge is -2.34. The van der Waals surface area contributed by atoms with E-state index in [9.17, 15) is 22.8 Å². The number of nitrogens with one attached hydrogen (secondary N) is 1. The molecule has 32 heavy (non-hydrogen) atoms. The van der Waals surface area contributed by atoms with Gasteiger partial charge in [-0.05, 0) is 68.2 Å². The number of sulfonamides is 1. The summed E-state index contributed by atoms with van der Waals surface area (Å²) in [4.78, 5) is 40.7. The third-order valence-corrected chi connectivity index (χ3v) is 9.18. The number of carbonyl (C=O) groups excluding carboxylic acids is 3. The first-order valence-corrected chi connectivity index (χ1v) is 12.7. The zero-order chi connectivity index (χ0) is 22.7. The molecule has 1 aromatic carbocycles. The lowest BCUT2D eigenvalue weighted by atomic mass is 9.96. The molecule has 0 aromatic heterocycles. The first kappa shape index (κ1) is 21.4. The fourth-order valence-electron chi connectivity index (χ4n) is 5.07. The van der Waals surface area contributed by atoms with Gasteiger partial charge in [-0.25, -0.2) is 13.2 Å². The molecule has 3 fully saturated rings. The van der Waals surface area contributed by atoms with Crippen LogP contribution in [0.3, 0.4) is 0 Å². The van der Waals surface area contributed by atoms with E-state index in [0.29, 0.717) is 4.90 Å². The van der Waals surface area contributed by atoms with Crippen molar-refractivity contribution in [2.75, 3.05) is 32.7 Å². The Hall–Kier alpha value is -2.46. The predicted molar refractivity (Wildman–Crippen MR) is 115 cm³/mol. The quantitative estimate of drug-likeness (QED) is 0.652. The molecule has 1 N–H and O–H groups in total. The van der Waals surface area contributed by atoms with Gasteiger partial charge in [-0.15, -0.1) is 0 Å². The lowest BCUT2D eigenvalue weighted by Crippen LogP contribution is -2.53. The molecule has 1 unspecified atom stereocenters. The summed E-state index contributed by atoms with van der Waals surface area (Å²) in [5.41, 5.74) is 1.41. The maximum atomic E-state index is 13.1. The van der Waals surface area contributed by atoms with Crippen LogP contribution in [0.2, 0.25) is 0 Å². The van der Waals surface area contributed by atoms with Crippen LogP contribution >= 0.6 is 0 Å². The fourth-order valence-corrected chi connectivity index (χ4v) is 6.54. The van der Waals surface area contributed by atoms with Gasteiger partial charge in [0.05, 0.1) is 4.90 Å². The van der Waals surface area contributed by atoms with Gasteiger partial charge < -0.3 is 10.2 Å². The van der Waals surface area contributed by atoms with Gasteiger partial charge >= 0.3 is 6.03 Å². The SMILES string of the molecule is CC1(C2CC2)NC(=O)N(CC(=O)N2CCN(S(=O)(=O)c3ccc4c(c3)CCC4)CC2)C1=O. The highest BCUT2D eigenvalue weighted by molar-refractivity contribution is 7.89. The number of urea groups is 1. The second-order valence-electron chi connectivity index (χ2n) is 9.37. The molecule has 2 aliphatic carbocycles. The average Bonchev–Trinajstić information content (AvgIpc) is 3.50. The van der Waals surface area contributed by atoms with E-state index in [2.05, 4.69) is 5.32 Å². The molecule has 4 amide bonds. The Morgan fingerprint density at radius 3 is 2.47 bits per heavy atom. The van der Waals surface area contributed by atoms with Gasteiger partial charge in [-0.2, -0.15) is 4.31 Å². The number of aryl methyl sites for hydroxylation is 2. The van der Waals surface area contributed by atoms with E-state index in [4.69, 9.17) is 0 Å². The van der Waals surface area contributed by atoms with Crippen LogP contribution in [0, 0.1) is 5.92 Å². The van der Waals surface area contributed by atoms with Crippen LogP contribution in [0.15, 0.2) is 23.1 Å². The van der Waals surface area contributed by atoms with Gasteiger partial charge in [0.25, 0.3) is 5.91 Å². The van der Waals surface area contributed by atoms with Crippen molar-refractivity contribution >= 4 is 27.9 Å². The molecule has 2 saturated heterocycles. The molecule has 172 valence electrons. The van der Waals surface area contributed by atoms with Crippen molar-refractivity contribution in [1.29, 1.82) is 0 Å². The van der Waals surface area contributed by atoms with Gasteiger partial charge in [0.2, 0.25) is 15.9 Å². The molecule has 4 aliphatic rings. The average molecular weight is 461 g/mol. The Kier molecular flexibility index (Phi) is 5.05. The van der Waals surface area contributed by atoms with E-state index in [0.717, 1.165) is 42.6 Å². The summed E-state index contributed by atoms with van der Waals surface area (Å²) in [6.45, 7) is 2.23. The van der Waals surface area contributed by atoms with Crippen LogP contribution in [-0.4, -0.2) is 78.6 Å². The highest BCUT2D eigenvalue weighted by Crippen LogP contribution is 2.42. The normalized spacial score (nSPS) is 26.4. The number of imide groups is 1. The highest BCUT2D eigenvalue weighted by Gasteiger charge is 2.56. The van der Waals surface area contributed by atoms with E-state index < -0.39 is 21.6 Å². The van der Waals surface area contributed by atoms with Crippen LogP contribution in [0.4, 0.5) is 4.79 Å². The van der Waals surface area contributed by atoms with Crippen LogP contribution in [0.5, 0.6) is 0 Å². The molecule has 1 aromatic rings. The maximum Gasteiger partial charge on any atom is 0.325 e. The summed E-state index contributed by atoms with van der Waals surface area (Å²) in [7, 11) is -3.62. The van der Waals surface area contributed by atoms with Crippen molar-refractivity contribution in [1.82, 2.24) is 19.4 Å². The van der Waals surface area contributed by atoms with Gasteiger partial charge in [0.1, 0.15) is 12.1 Å². The van der Waals surface area contributed by atoms with Crippen LogP contribution in [0.1, 0.15) is 37.3 Å². The van der Waals surface area contributed by atoms with Crippen molar-refractivity contribution in [3.8, 4) is 0 Å². The number of rotatable bonds is 5. The summed E-state index contributed by atoms with van der Waals surface area (Å²) in [5.74, 6) is -0.564. The molecule has 2 aliphatic heterocycles. The summed E-state index contributed by atoms with van der Waals surface area (Å²) in [5, 5.41) is 2.74. The Morgan fingerprint density at radius 1 is 1.09 bits per heavy atom. The maximum absolute atomic E-state index is 13.1. The second kappa shape index (κ2) is 7.55. The molecule has 5 rings (SSSR count). The largest absolute Gasteiger partial charge is 0.338 e. The Bertz CT molecular complexity index is 1090. The molecule has 1 saturated carbocycles. The highest BCUT2D eigenvalue weighted by atomic mass is 32.2. The lowest BCUT2D eigenvalue weighted by molar-refractivity contribution is -0.139. The van der Waals surface area contributed by atoms with Gasteiger partial charge in [0, 0.05) is 26.2 Å². The number of hydrogen-bond acceptors (Lipinski definition) is 5. The van der Waals surface area contributed by atoms with Crippen LogP contribution < -0.4 is 5.32 Å². The number of carbonyl (C=O) groups is 3. The van der Waals surface area contributed by atoms with Crippen molar-refractivity contribution in [2.45, 2.75) is 49.5 Å². The third kappa shape index (κ3) is 3.49. The zero-order valence-electron chi connectivity index (χ0n) is 18.2. The van der Waals surface area contributed by atoms with Crippen molar-refractivity contribution in [2.24, 2.45) is 5.92 Å². The minimum absolute atomic E-state index is 0.132. The molecular weight excluding hydrogens is 432 g/mol. The molecule has 0 spiro atoms. The predicted octanol–water partition coefficient (Wildman–Crippen LogP) is 0.729. The standard InChI is InChI=1S/C22H28N4O5S/c1-22(17-6-7-17)20(28)26(21(29)23-22)14-19(27)24-9-11-25(12-10-24)32(30,31)18-8-5-15-3-2-4-16(15)13-18/h5,8,13,17H,2-4,6-7,9-12,14H2,1H3,(H,23,29). The summed E-state index contributed by atoms with van der Waals surface area (Å²) >= 11 is 0. The molecule has 1 atom stereocenters. The number of amides is 4. The summed E-state index contributed by atoms with van der Waals surface area (Å²) < 4.78 is 27.6. The van der Waals surface area contributed by atoms with E-state index in [1.165, 1.54) is 14.8 Å². The molecule has 0 bridgehead atoms. The Labute approximate surface area is 187 Å². The number of hydrogen-bond donors (Lipinski definition) is 1. The van der Waals surface area contributed by atoms with Crippen molar-refractivity contribution < 1.29 is 22.8 Å². The molecule has 2 heterocycles. The first-order chi connectivity index (χ1) is 15.2. The van der Waals surface area contributed by atoms with Crippen LogP contribution in [-0.2, 0) is 32.5 Å². The number of fused-ring (bicyclic) bond motifs is 1. The van der Waals surface area contributed by atoms with Gasteiger partial charge in [-0.3, -0.25) is 14.5 Å².